The lowest BCUT2D eigenvalue weighted by Crippen LogP contribution is -2.41. The highest BCUT2D eigenvalue weighted by Crippen LogP contribution is 2.46. The van der Waals surface area contributed by atoms with Crippen molar-refractivity contribution in [2.75, 3.05) is 13.1 Å². The second-order valence-electron chi connectivity index (χ2n) is 6.13. The van der Waals surface area contributed by atoms with Gasteiger partial charge in [-0.25, -0.2) is 0 Å². The van der Waals surface area contributed by atoms with E-state index in [9.17, 15) is 9.90 Å². The van der Waals surface area contributed by atoms with E-state index in [0.717, 1.165) is 44.3 Å². The Morgan fingerprint density at radius 2 is 2.00 bits per heavy atom. The first-order valence-corrected chi connectivity index (χ1v) is 7.65. The number of likely N-dealkylation sites (tertiary alicyclic amines) is 1. The predicted octanol–water partition coefficient (Wildman–Crippen LogP) is 3.03. The highest BCUT2D eigenvalue weighted by Gasteiger charge is 2.48. The molecule has 1 aliphatic carbocycles. The molecule has 2 fully saturated rings. The molecular weight excluding hydrogens is 274 g/mol. The highest BCUT2D eigenvalue weighted by molar-refractivity contribution is 6.31. The molecule has 2 aliphatic rings. The topological polar surface area (TPSA) is 40.5 Å². The van der Waals surface area contributed by atoms with E-state index < -0.39 is 5.60 Å². The summed E-state index contributed by atoms with van der Waals surface area (Å²) in [6.07, 6.45) is 3.69. The minimum absolute atomic E-state index is 0.0750. The third-order valence-electron chi connectivity index (χ3n) is 4.71. The Morgan fingerprint density at radius 1 is 1.35 bits per heavy atom. The van der Waals surface area contributed by atoms with Gasteiger partial charge in [0.25, 0.3) is 5.91 Å². The van der Waals surface area contributed by atoms with Crippen LogP contribution in [0.4, 0.5) is 0 Å². The number of carbonyl (C=O) groups excluding carboxylic acids is 1. The number of piperidine rings is 1. The first-order chi connectivity index (χ1) is 9.49. The average molecular weight is 294 g/mol. The van der Waals surface area contributed by atoms with Gasteiger partial charge in [-0.15, -0.1) is 0 Å². The van der Waals surface area contributed by atoms with Crippen molar-refractivity contribution in [1.29, 1.82) is 0 Å². The Balaban J connectivity index is 1.65. The minimum Gasteiger partial charge on any atom is -0.390 e. The monoisotopic (exact) mass is 293 g/mol. The Bertz CT molecular complexity index is 531. The first kappa shape index (κ1) is 13.9. The number of aliphatic hydroxyl groups is 1. The molecule has 0 atom stereocenters. The molecule has 0 spiro atoms. The zero-order valence-electron chi connectivity index (χ0n) is 11.7. The van der Waals surface area contributed by atoms with E-state index in [2.05, 4.69) is 0 Å². The van der Waals surface area contributed by atoms with Crippen LogP contribution in [0.1, 0.15) is 41.6 Å². The van der Waals surface area contributed by atoms with Gasteiger partial charge in [0, 0.05) is 23.7 Å². The Labute approximate surface area is 124 Å². The molecule has 1 aromatic rings. The fourth-order valence-electron chi connectivity index (χ4n) is 3.12. The number of rotatable bonds is 2. The van der Waals surface area contributed by atoms with Crippen molar-refractivity contribution in [2.45, 2.75) is 38.2 Å². The van der Waals surface area contributed by atoms with Crippen LogP contribution in [0.15, 0.2) is 18.2 Å². The number of hydrogen-bond donors (Lipinski definition) is 1. The van der Waals surface area contributed by atoms with Crippen LogP contribution in [-0.4, -0.2) is 34.6 Å². The second-order valence-corrected chi connectivity index (χ2v) is 6.54. The number of halogens is 1. The summed E-state index contributed by atoms with van der Waals surface area (Å²) in [5.41, 5.74) is 1.22. The van der Waals surface area contributed by atoms with Crippen molar-refractivity contribution in [3.05, 3.63) is 34.3 Å². The van der Waals surface area contributed by atoms with Crippen LogP contribution in [0.2, 0.25) is 5.02 Å². The molecule has 1 heterocycles. The van der Waals surface area contributed by atoms with E-state index in [1.54, 1.807) is 12.1 Å². The molecule has 1 aromatic carbocycles. The van der Waals surface area contributed by atoms with Crippen LogP contribution in [0, 0.1) is 12.8 Å². The first-order valence-electron chi connectivity index (χ1n) is 7.27. The van der Waals surface area contributed by atoms with E-state index in [0.29, 0.717) is 16.5 Å². The minimum atomic E-state index is -0.411. The third-order valence-corrected chi connectivity index (χ3v) is 5.13. The number of nitrogens with zero attached hydrogens (tertiary/aromatic N) is 1. The van der Waals surface area contributed by atoms with Gasteiger partial charge in [0.1, 0.15) is 0 Å². The fourth-order valence-corrected chi connectivity index (χ4v) is 3.23. The Hall–Kier alpha value is -1.06. The van der Waals surface area contributed by atoms with Crippen LogP contribution in [-0.2, 0) is 0 Å². The normalized spacial score (nSPS) is 21.9. The van der Waals surface area contributed by atoms with Crippen molar-refractivity contribution in [3.8, 4) is 0 Å². The van der Waals surface area contributed by atoms with Crippen LogP contribution in [0.3, 0.4) is 0 Å². The van der Waals surface area contributed by atoms with Crippen LogP contribution in [0.5, 0.6) is 0 Å². The van der Waals surface area contributed by atoms with Crippen molar-refractivity contribution < 1.29 is 9.90 Å². The van der Waals surface area contributed by atoms with E-state index in [1.807, 2.05) is 17.9 Å². The lowest BCUT2D eigenvalue weighted by atomic mass is 9.89. The van der Waals surface area contributed by atoms with Crippen LogP contribution in [0.25, 0.3) is 0 Å². The highest BCUT2D eigenvalue weighted by atomic mass is 35.5. The van der Waals surface area contributed by atoms with Gasteiger partial charge in [0.05, 0.1) is 5.60 Å². The summed E-state index contributed by atoms with van der Waals surface area (Å²) in [5.74, 6) is 0.449. The van der Waals surface area contributed by atoms with Crippen molar-refractivity contribution >= 4 is 17.5 Å². The largest absolute Gasteiger partial charge is 0.390 e. The SMILES string of the molecule is Cc1cc(C(=O)N2CCC(C3(O)CC3)CC2)ccc1Cl. The van der Waals surface area contributed by atoms with E-state index in [1.165, 1.54) is 0 Å². The molecule has 3 rings (SSSR count). The molecule has 1 amide bonds. The number of carbonyl (C=O) groups is 1. The standard InChI is InChI=1S/C16H20ClNO2/c1-11-10-12(2-3-14(11)17)15(19)18-8-4-13(5-9-18)16(20)6-7-16/h2-3,10,13,20H,4-9H2,1H3. The Morgan fingerprint density at radius 3 is 2.55 bits per heavy atom. The molecule has 108 valence electrons. The molecule has 0 aromatic heterocycles. The van der Waals surface area contributed by atoms with Crippen molar-refractivity contribution in [3.63, 3.8) is 0 Å². The molecular formula is C16H20ClNO2. The summed E-state index contributed by atoms with van der Waals surface area (Å²) in [6.45, 7) is 3.40. The number of hydrogen-bond acceptors (Lipinski definition) is 2. The third kappa shape index (κ3) is 2.57. The van der Waals surface area contributed by atoms with Gasteiger partial charge in [-0.05, 0) is 62.3 Å². The molecule has 0 unspecified atom stereocenters. The van der Waals surface area contributed by atoms with Gasteiger partial charge in [0.15, 0.2) is 0 Å². The summed E-state index contributed by atoms with van der Waals surface area (Å²) in [5, 5.41) is 10.8. The van der Waals surface area contributed by atoms with Gasteiger partial charge >= 0.3 is 0 Å². The van der Waals surface area contributed by atoms with Gasteiger partial charge in [-0.3, -0.25) is 4.79 Å². The summed E-state index contributed by atoms with van der Waals surface area (Å²) >= 11 is 5.99. The summed E-state index contributed by atoms with van der Waals surface area (Å²) in [6, 6.07) is 5.42. The van der Waals surface area contributed by atoms with Crippen LogP contribution >= 0.6 is 11.6 Å². The average Bonchev–Trinajstić information content (AvgIpc) is 3.20. The predicted molar refractivity (Wildman–Crippen MR) is 79.0 cm³/mol. The maximum absolute atomic E-state index is 12.5. The van der Waals surface area contributed by atoms with Gasteiger partial charge in [-0.2, -0.15) is 0 Å². The molecule has 3 nitrogen and oxygen atoms in total. The van der Waals surface area contributed by atoms with Crippen LogP contribution < -0.4 is 0 Å². The molecule has 1 aliphatic heterocycles. The van der Waals surface area contributed by atoms with Crippen molar-refractivity contribution in [1.82, 2.24) is 4.90 Å². The summed E-state index contributed by atoms with van der Waals surface area (Å²) in [4.78, 5) is 14.3. The molecule has 1 saturated carbocycles. The summed E-state index contributed by atoms with van der Waals surface area (Å²) < 4.78 is 0. The molecule has 4 heteroatoms. The molecule has 1 N–H and O–H groups in total. The number of aryl methyl sites for hydroxylation is 1. The lowest BCUT2D eigenvalue weighted by Gasteiger charge is -2.34. The molecule has 0 radical (unpaired) electrons. The zero-order valence-corrected chi connectivity index (χ0v) is 12.5. The van der Waals surface area contributed by atoms with E-state index in [-0.39, 0.29) is 5.91 Å². The van der Waals surface area contributed by atoms with Gasteiger partial charge in [0.2, 0.25) is 0 Å². The van der Waals surface area contributed by atoms with Gasteiger partial charge < -0.3 is 10.0 Å². The zero-order chi connectivity index (χ0) is 14.3. The van der Waals surface area contributed by atoms with E-state index >= 15 is 0 Å². The molecule has 1 saturated heterocycles. The molecule has 20 heavy (non-hydrogen) atoms. The second kappa shape index (κ2) is 5.05. The molecule has 0 bridgehead atoms. The number of benzene rings is 1. The lowest BCUT2D eigenvalue weighted by molar-refractivity contribution is 0.0340. The Kier molecular flexibility index (Phi) is 3.51. The number of amides is 1. The smallest absolute Gasteiger partial charge is 0.253 e. The van der Waals surface area contributed by atoms with E-state index in [4.69, 9.17) is 11.6 Å². The summed E-state index contributed by atoms with van der Waals surface area (Å²) in [7, 11) is 0. The van der Waals surface area contributed by atoms with Crippen molar-refractivity contribution in [2.24, 2.45) is 5.92 Å². The quantitative estimate of drug-likeness (QED) is 0.910. The van der Waals surface area contributed by atoms with Gasteiger partial charge in [-0.1, -0.05) is 11.6 Å². The fraction of sp³-hybridized carbons (Fsp3) is 0.562. The maximum atomic E-state index is 12.5. The maximum Gasteiger partial charge on any atom is 0.253 e.